The SMILES string of the molecule is COc1ccc([Si](C)(C)[C@H]2[C@H](CCO)O[C@@]3(C(=O)N(Cc4ccc(-n5ncc6ccccc6c5=O)cc4)c4ccc(OC)cc43)[C@@H]2C)cc1. The Labute approximate surface area is 286 Å². The fourth-order valence-corrected chi connectivity index (χ4v) is 12.2. The fraction of sp³-hybridized carbons (Fsp3) is 0.308. The van der Waals surface area contributed by atoms with E-state index in [1.165, 1.54) is 9.87 Å². The van der Waals surface area contributed by atoms with Crippen LogP contribution in [-0.4, -0.2) is 55.8 Å². The van der Waals surface area contributed by atoms with Crippen molar-refractivity contribution in [3.05, 3.63) is 119 Å². The maximum atomic E-state index is 14.9. The van der Waals surface area contributed by atoms with E-state index >= 15 is 0 Å². The fourth-order valence-electron chi connectivity index (χ4n) is 8.17. The number of fused-ring (bicyclic) bond motifs is 3. The van der Waals surface area contributed by atoms with Crippen molar-refractivity contribution in [1.29, 1.82) is 0 Å². The number of carbonyl (C=O) groups is 1. The summed E-state index contributed by atoms with van der Waals surface area (Å²) in [7, 11) is 0.985. The molecular weight excluding hydrogens is 635 g/mol. The molecule has 1 saturated heterocycles. The lowest BCUT2D eigenvalue weighted by Crippen LogP contribution is -2.51. The summed E-state index contributed by atoms with van der Waals surface area (Å²) in [6.07, 6.45) is 1.80. The lowest BCUT2D eigenvalue weighted by atomic mass is 9.82. The van der Waals surface area contributed by atoms with E-state index in [0.717, 1.165) is 28.0 Å². The molecule has 2 aliphatic rings. The number of rotatable bonds is 9. The molecule has 1 fully saturated rings. The highest BCUT2D eigenvalue weighted by atomic mass is 28.3. The Hall–Kier alpha value is -4.77. The molecular formula is C39H41N3O6Si. The highest BCUT2D eigenvalue weighted by molar-refractivity contribution is 6.91. The van der Waals surface area contributed by atoms with Gasteiger partial charge >= 0.3 is 0 Å². The van der Waals surface area contributed by atoms with Crippen LogP contribution in [0.4, 0.5) is 5.69 Å². The monoisotopic (exact) mass is 675 g/mol. The Morgan fingerprint density at radius 1 is 0.918 bits per heavy atom. The number of hydrogen-bond acceptors (Lipinski definition) is 7. The van der Waals surface area contributed by atoms with Gasteiger partial charge in [0.1, 0.15) is 11.5 Å². The average Bonchev–Trinajstić information content (AvgIpc) is 3.55. The summed E-state index contributed by atoms with van der Waals surface area (Å²) in [5.41, 5.74) is 1.70. The molecule has 7 rings (SSSR count). The van der Waals surface area contributed by atoms with Gasteiger partial charge in [-0.15, -0.1) is 0 Å². The minimum Gasteiger partial charge on any atom is -0.497 e. The van der Waals surface area contributed by atoms with E-state index in [4.69, 9.17) is 14.2 Å². The third-order valence-electron chi connectivity index (χ3n) is 10.7. The Kier molecular flexibility index (Phi) is 8.42. The van der Waals surface area contributed by atoms with Gasteiger partial charge in [0.2, 0.25) is 0 Å². The predicted octanol–water partition coefficient (Wildman–Crippen LogP) is 5.55. The zero-order valence-corrected chi connectivity index (χ0v) is 29.4. The number of hydrogen-bond donors (Lipinski definition) is 1. The number of aliphatic hydroxyl groups is 1. The number of anilines is 1. The van der Waals surface area contributed by atoms with Gasteiger partial charge in [0, 0.05) is 23.5 Å². The van der Waals surface area contributed by atoms with Gasteiger partial charge in [0.25, 0.3) is 11.5 Å². The number of ether oxygens (including phenoxy) is 3. The van der Waals surface area contributed by atoms with Crippen LogP contribution in [0.5, 0.6) is 11.5 Å². The standard InChI is InChI=1S/C39H41N3O6Si/c1-25-36(49(4,5)31-17-14-29(46-2)15-18-31)35(20-21-43)48-39(25)33-22-30(47-3)16-19-34(33)41(38(39)45)24-26-10-12-28(13-11-26)42-37(44)32-9-7-6-8-27(32)23-40-42/h6-19,22-23,25,35-36,43H,20-21,24H2,1-5H3/t25-,35+,36-,39+/m1/s1. The number of nitrogens with zero attached hydrogens (tertiary/aromatic N) is 3. The summed E-state index contributed by atoms with van der Waals surface area (Å²) in [5.74, 6) is 1.13. The zero-order chi connectivity index (χ0) is 34.5. The minimum atomic E-state index is -2.30. The summed E-state index contributed by atoms with van der Waals surface area (Å²) in [6.45, 7) is 7.05. The molecule has 5 aromatic rings. The van der Waals surface area contributed by atoms with Gasteiger partial charge in [-0.3, -0.25) is 9.59 Å². The van der Waals surface area contributed by atoms with Crippen molar-refractivity contribution in [2.45, 2.75) is 50.2 Å². The van der Waals surface area contributed by atoms with Crippen LogP contribution < -0.4 is 25.1 Å². The normalized spacial score (nSPS) is 21.8. The molecule has 1 amide bonds. The smallest absolute Gasteiger partial charge is 0.279 e. The Morgan fingerprint density at radius 2 is 1.61 bits per heavy atom. The van der Waals surface area contributed by atoms with Crippen LogP contribution in [0.15, 0.2) is 102 Å². The van der Waals surface area contributed by atoms with E-state index in [0.29, 0.717) is 29.8 Å². The number of aliphatic hydroxyl groups excluding tert-OH is 1. The van der Waals surface area contributed by atoms with Crippen molar-refractivity contribution < 1.29 is 24.1 Å². The second-order valence-electron chi connectivity index (χ2n) is 13.6. The molecule has 0 saturated carbocycles. The molecule has 2 aliphatic heterocycles. The summed E-state index contributed by atoms with van der Waals surface area (Å²) in [5, 5.41) is 17.2. The van der Waals surface area contributed by atoms with Crippen LogP contribution in [0.25, 0.3) is 16.5 Å². The number of methoxy groups -OCH3 is 2. The number of carbonyl (C=O) groups excluding carboxylic acids is 1. The van der Waals surface area contributed by atoms with E-state index < -0.39 is 13.7 Å². The lowest BCUT2D eigenvalue weighted by molar-refractivity contribution is -0.146. The first kappa shape index (κ1) is 32.8. The summed E-state index contributed by atoms with van der Waals surface area (Å²) in [4.78, 5) is 29.9. The topological polar surface area (TPSA) is 103 Å². The van der Waals surface area contributed by atoms with E-state index in [2.05, 4.69) is 37.2 Å². The quantitative estimate of drug-likeness (QED) is 0.205. The van der Waals surface area contributed by atoms with Crippen molar-refractivity contribution in [3.8, 4) is 17.2 Å². The highest BCUT2D eigenvalue weighted by Crippen LogP contribution is 2.60. The molecule has 3 heterocycles. The molecule has 252 valence electrons. The molecule has 0 bridgehead atoms. The summed E-state index contributed by atoms with van der Waals surface area (Å²) in [6, 6.07) is 28.9. The van der Waals surface area contributed by atoms with Gasteiger partial charge in [-0.25, -0.2) is 0 Å². The maximum Gasteiger partial charge on any atom is 0.279 e. The maximum absolute atomic E-state index is 14.9. The van der Waals surface area contributed by atoms with Crippen molar-refractivity contribution in [3.63, 3.8) is 0 Å². The zero-order valence-electron chi connectivity index (χ0n) is 28.4. The lowest BCUT2D eigenvalue weighted by Gasteiger charge is -2.37. The summed E-state index contributed by atoms with van der Waals surface area (Å²) < 4.78 is 19.5. The molecule has 0 unspecified atom stereocenters. The average molecular weight is 676 g/mol. The van der Waals surface area contributed by atoms with Gasteiger partial charge in [0.15, 0.2) is 5.60 Å². The molecule has 4 aromatic carbocycles. The summed E-state index contributed by atoms with van der Waals surface area (Å²) >= 11 is 0. The second-order valence-corrected chi connectivity index (χ2v) is 18.2. The van der Waals surface area contributed by atoms with Gasteiger partial charge in [-0.05, 0) is 66.1 Å². The minimum absolute atomic E-state index is 0.0306. The van der Waals surface area contributed by atoms with Crippen molar-refractivity contribution in [2.75, 3.05) is 25.7 Å². The molecule has 1 N–H and O–H groups in total. The first-order chi connectivity index (χ1) is 23.6. The van der Waals surface area contributed by atoms with Crippen molar-refractivity contribution in [1.82, 2.24) is 9.78 Å². The van der Waals surface area contributed by atoms with E-state index in [1.54, 1.807) is 31.4 Å². The van der Waals surface area contributed by atoms with E-state index in [-0.39, 0.29) is 35.6 Å². The van der Waals surface area contributed by atoms with Crippen LogP contribution in [0, 0.1) is 5.92 Å². The first-order valence-corrected chi connectivity index (χ1v) is 19.7. The molecule has 0 radical (unpaired) electrons. The molecule has 0 aliphatic carbocycles. The Balaban J connectivity index is 1.25. The van der Waals surface area contributed by atoms with Crippen molar-refractivity contribution in [2.24, 2.45) is 5.92 Å². The Morgan fingerprint density at radius 3 is 2.31 bits per heavy atom. The van der Waals surface area contributed by atoms with Crippen LogP contribution in [0.1, 0.15) is 24.5 Å². The first-order valence-electron chi connectivity index (χ1n) is 16.6. The number of amides is 1. The van der Waals surface area contributed by atoms with Gasteiger partial charge in [-0.2, -0.15) is 9.78 Å². The van der Waals surface area contributed by atoms with Gasteiger partial charge in [0.05, 0.1) is 57.9 Å². The van der Waals surface area contributed by atoms with Crippen molar-refractivity contribution >= 4 is 35.6 Å². The molecule has 10 heteroatoms. The third-order valence-corrected chi connectivity index (χ3v) is 15.0. The second kappa shape index (κ2) is 12.6. The Bertz CT molecular complexity index is 2080. The molecule has 9 nitrogen and oxygen atoms in total. The third kappa shape index (κ3) is 5.26. The molecule has 4 atom stereocenters. The molecule has 1 aromatic heterocycles. The van der Waals surface area contributed by atoms with Gasteiger partial charge in [-0.1, -0.05) is 67.7 Å². The highest BCUT2D eigenvalue weighted by Gasteiger charge is 2.66. The van der Waals surface area contributed by atoms with Crippen LogP contribution in [0.2, 0.25) is 18.6 Å². The largest absolute Gasteiger partial charge is 0.497 e. The van der Waals surface area contributed by atoms with Crippen LogP contribution in [-0.2, 0) is 21.7 Å². The van der Waals surface area contributed by atoms with Crippen LogP contribution >= 0.6 is 0 Å². The van der Waals surface area contributed by atoms with Crippen LogP contribution in [0.3, 0.4) is 0 Å². The van der Waals surface area contributed by atoms with E-state index in [9.17, 15) is 14.7 Å². The molecule has 1 spiro atoms. The number of aromatic nitrogens is 2. The van der Waals surface area contributed by atoms with E-state index in [1.807, 2.05) is 72.8 Å². The predicted molar refractivity (Wildman–Crippen MR) is 193 cm³/mol. The number of benzene rings is 4. The van der Waals surface area contributed by atoms with Gasteiger partial charge < -0.3 is 24.2 Å². The molecule has 49 heavy (non-hydrogen) atoms.